The number of methoxy groups -OCH3 is 2. The minimum atomic E-state index is -2.18. The van der Waals surface area contributed by atoms with Crippen molar-refractivity contribution >= 4 is 0 Å². The van der Waals surface area contributed by atoms with Crippen LogP contribution in [0.2, 0.25) is 0 Å². The van der Waals surface area contributed by atoms with Crippen LogP contribution in [-0.2, 0) is 20.6 Å². The zero-order chi connectivity index (χ0) is 25.1. The van der Waals surface area contributed by atoms with Gasteiger partial charge in [0.05, 0.1) is 12.2 Å². The molecular weight excluding hydrogens is 455 g/mol. The Morgan fingerprint density at radius 2 is 1.18 bits per heavy atom. The second-order valence-electron chi connectivity index (χ2n) is 8.20. The smallest absolute Gasteiger partial charge is 0.282 e. The zero-order valence-electron chi connectivity index (χ0n) is 20.0. The third kappa shape index (κ3) is 7.23. The minimum absolute atomic E-state index is 0.112. The first-order valence-corrected chi connectivity index (χ1v) is 11.6. The molecule has 0 aliphatic carbocycles. The summed E-state index contributed by atoms with van der Waals surface area (Å²) in [5.41, 5.74) is -0.309. The van der Waals surface area contributed by atoms with Crippen molar-refractivity contribution in [3.8, 4) is 11.1 Å². The lowest BCUT2D eigenvalue weighted by atomic mass is 10.0. The first-order valence-electron chi connectivity index (χ1n) is 11.6. The number of benzene rings is 2. The monoisotopic (exact) mass is 488 g/mol. The third-order valence-corrected chi connectivity index (χ3v) is 5.87. The van der Waals surface area contributed by atoms with Crippen LogP contribution in [0.3, 0.4) is 0 Å². The van der Waals surface area contributed by atoms with Crippen molar-refractivity contribution in [2.45, 2.75) is 70.7 Å². The molecule has 190 valence electrons. The topological polar surface area (TPSA) is 27.7 Å². The van der Waals surface area contributed by atoms with E-state index in [9.17, 15) is 22.0 Å². The van der Waals surface area contributed by atoms with Crippen molar-refractivity contribution in [2.24, 2.45) is 0 Å². The van der Waals surface area contributed by atoms with Crippen LogP contribution in [0.4, 0.5) is 22.0 Å². The fourth-order valence-electron chi connectivity index (χ4n) is 3.80. The highest BCUT2D eigenvalue weighted by atomic mass is 19.2. The normalized spacial score (nSPS) is 11.9. The Hall–Kier alpha value is -2.03. The summed E-state index contributed by atoms with van der Waals surface area (Å²) in [6, 6.07) is 5.72. The zero-order valence-corrected chi connectivity index (χ0v) is 20.0. The molecule has 0 amide bonds. The molecular formula is C26H33F5O3. The standard InChI is InChI=1S/C26H33F5O3/c1-4-5-6-7-8-9-10-16-26(32-2,33-3)34-17-15-18-11-13-19(14-12-18)20-21(27)23(29)25(31)24(30)22(20)28/h11-14H,4-10,15-17H2,1-3H3. The van der Waals surface area contributed by atoms with Gasteiger partial charge >= 0.3 is 0 Å². The molecule has 0 fully saturated rings. The van der Waals surface area contributed by atoms with E-state index >= 15 is 0 Å². The molecule has 0 N–H and O–H groups in total. The van der Waals surface area contributed by atoms with Gasteiger partial charge in [0.2, 0.25) is 5.82 Å². The van der Waals surface area contributed by atoms with E-state index in [2.05, 4.69) is 6.92 Å². The average molecular weight is 489 g/mol. The molecule has 2 rings (SSSR count). The first kappa shape index (κ1) is 28.2. The van der Waals surface area contributed by atoms with Crippen LogP contribution in [0.5, 0.6) is 0 Å². The summed E-state index contributed by atoms with van der Waals surface area (Å²) >= 11 is 0. The lowest BCUT2D eigenvalue weighted by Crippen LogP contribution is -2.37. The number of rotatable bonds is 15. The second-order valence-corrected chi connectivity index (χ2v) is 8.20. The van der Waals surface area contributed by atoms with Gasteiger partial charge < -0.3 is 14.2 Å². The molecule has 0 saturated heterocycles. The number of halogens is 5. The van der Waals surface area contributed by atoms with E-state index in [1.54, 1.807) is 12.1 Å². The molecule has 2 aromatic rings. The molecule has 0 aromatic heterocycles. The molecule has 2 aromatic carbocycles. The van der Waals surface area contributed by atoms with Gasteiger partial charge in [-0.05, 0) is 24.0 Å². The van der Waals surface area contributed by atoms with Crippen LogP contribution in [0.25, 0.3) is 11.1 Å². The molecule has 0 bridgehead atoms. The van der Waals surface area contributed by atoms with Gasteiger partial charge in [0.25, 0.3) is 5.97 Å². The minimum Gasteiger partial charge on any atom is -0.331 e. The van der Waals surface area contributed by atoms with E-state index in [4.69, 9.17) is 14.2 Å². The molecule has 0 unspecified atom stereocenters. The van der Waals surface area contributed by atoms with Crippen LogP contribution in [0.1, 0.15) is 63.9 Å². The van der Waals surface area contributed by atoms with Gasteiger partial charge in [-0.15, -0.1) is 0 Å². The Morgan fingerprint density at radius 3 is 1.71 bits per heavy atom. The summed E-state index contributed by atoms with van der Waals surface area (Å²) in [5, 5.41) is 0. The third-order valence-electron chi connectivity index (χ3n) is 5.87. The second kappa shape index (κ2) is 13.8. The predicted molar refractivity (Wildman–Crippen MR) is 121 cm³/mol. The van der Waals surface area contributed by atoms with Crippen LogP contribution in [0.15, 0.2) is 24.3 Å². The summed E-state index contributed by atoms with van der Waals surface area (Å²) in [5.74, 6) is -11.0. The highest BCUT2D eigenvalue weighted by Gasteiger charge is 2.30. The molecule has 0 aliphatic heterocycles. The van der Waals surface area contributed by atoms with Crippen LogP contribution in [-0.4, -0.2) is 26.8 Å². The Morgan fingerprint density at radius 1 is 0.676 bits per heavy atom. The fraction of sp³-hybridized carbons (Fsp3) is 0.538. The molecule has 0 saturated carbocycles. The molecule has 0 heterocycles. The van der Waals surface area contributed by atoms with Gasteiger partial charge in [0, 0.05) is 20.6 Å². The largest absolute Gasteiger partial charge is 0.331 e. The van der Waals surface area contributed by atoms with E-state index < -0.39 is 40.6 Å². The summed E-state index contributed by atoms with van der Waals surface area (Å²) < 4.78 is 85.2. The predicted octanol–water partition coefficient (Wildman–Crippen LogP) is 7.70. The Balaban J connectivity index is 1.93. The molecule has 0 aliphatic rings. The van der Waals surface area contributed by atoms with Crippen LogP contribution < -0.4 is 0 Å². The van der Waals surface area contributed by atoms with E-state index in [0.717, 1.165) is 24.8 Å². The van der Waals surface area contributed by atoms with Crippen LogP contribution in [0, 0.1) is 29.1 Å². The maximum Gasteiger partial charge on any atom is 0.282 e. The van der Waals surface area contributed by atoms with Gasteiger partial charge in [-0.2, -0.15) is 0 Å². The van der Waals surface area contributed by atoms with Crippen molar-refractivity contribution in [3.05, 3.63) is 58.9 Å². The van der Waals surface area contributed by atoms with Gasteiger partial charge in [0.1, 0.15) is 0 Å². The van der Waals surface area contributed by atoms with Crippen LogP contribution >= 0.6 is 0 Å². The lowest BCUT2D eigenvalue weighted by Gasteiger charge is -2.30. The summed E-state index contributed by atoms with van der Waals surface area (Å²) in [6.45, 7) is 2.44. The molecule has 0 spiro atoms. The molecule has 34 heavy (non-hydrogen) atoms. The lowest BCUT2D eigenvalue weighted by molar-refractivity contribution is -0.365. The maximum atomic E-state index is 14.0. The van der Waals surface area contributed by atoms with E-state index in [-0.39, 0.29) is 12.2 Å². The van der Waals surface area contributed by atoms with Gasteiger partial charge in [-0.3, -0.25) is 0 Å². The van der Waals surface area contributed by atoms with Crippen molar-refractivity contribution in [3.63, 3.8) is 0 Å². The molecule has 0 atom stereocenters. The number of hydrogen-bond donors (Lipinski definition) is 0. The van der Waals surface area contributed by atoms with Gasteiger partial charge in [0.15, 0.2) is 23.3 Å². The Bertz CT molecular complexity index is 869. The highest BCUT2D eigenvalue weighted by Crippen LogP contribution is 2.31. The van der Waals surface area contributed by atoms with Gasteiger partial charge in [-0.1, -0.05) is 69.7 Å². The number of unbranched alkanes of at least 4 members (excludes halogenated alkanes) is 6. The van der Waals surface area contributed by atoms with Crippen molar-refractivity contribution in [1.29, 1.82) is 0 Å². The number of ether oxygens (including phenoxy) is 3. The quantitative estimate of drug-likeness (QED) is 0.0845. The van der Waals surface area contributed by atoms with E-state index in [0.29, 0.717) is 12.8 Å². The average Bonchev–Trinajstić information content (AvgIpc) is 2.85. The van der Waals surface area contributed by atoms with E-state index in [1.807, 2.05) is 0 Å². The SMILES string of the molecule is CCCCCCCCCC(OC)(OC)OCCc1ccc(-c2c(F)c(F)c(F)c(F)c2F)cc1. The first-order chi connectivity index (χ1) is 16.3. The number of hydrogen-bond acceptors (Lipinski definition) is 3. The van der Waals surface area contributed by atoms with Crippen molar-refractivity contribution < 1.29 is 36.2 Å². The molecule has 0 radical (unpaired) electrons. The highest BCUT2D eigenvalue weighted by molar-refractivity contribution is 5.65. The Kier molecular flexibility index (Phi) is 11.4. The molecule has 8 heteroatoms. The van der Waals surface area contributed by atoms with Crippen molar-refractivity contribution in [1.82, 2.24) is 0 Å². The maximum absolute atomic E-state index is 14.0. The summed E-state index contributed by atoms with van der Waals surface area (Å²) in [7, 11) is 3.03. The summed E-state index contributed by atoms with van der Waals surface area (Å²) in [4.78, 5) is 0. The van der Waals surface area contributed by atoms with E-state index in [1.165, 1.54) is 52.0 Å². The Labute approximate surface area is 198 Å². The molecule has 3 nitrogen and oxygen atoms in total. The summed E-state index contributed by atoms with van der Waals surface area (Å²) in [6.07, 6.45) is 9.04. The van der Waals surface area contributed by atoms with Crippen molar-refractivity contribution in [2.75, 3.05) is 20.8 Å². The fourth-order valence-corrected chi connectivity index (χ4v) is 3.80. The van der Waals surface area contributed by atoms with Gasteiger partial charge in [-0.25, -0.2) is 22.0 Å².